The summed E-state index contributed by atoms with van der Waals surface area (Å²) in [5.41, 5.74) is 1.71. The summed E-state index contributed by atoms with van der Waals surface area (Å²) in [6.07, 6.45) is 4.48. The summed E-state index contributed by atoms with van der Waals surface area (Å²) in [6.45, 7) is 2.91. The Bertz CT molecular complexity index is 531. The average Bonchev–Trinajstić information content (AvgIpc) is 2.45. The minimum Gasteiger partial charge on any atom is -0.306 e. The molecule has 0 bridgehead atoms. The van der Waals surface area contributed by atoms with Crippen LogP contribution in [0.25, 0.3) is 0 Å². The summed E-state index contributed by atoms with van der Waals surface area (Å²) in [4.78, 5) is 4.11. The van der Waals surface area contributed by atoms with Gasteiger partial charge in [0.2, 0.25) is 0 Å². The first-order valence-corrected chi connectivity index (χ1v) is 6.69. The predicted molar refractivity (Wildman–Crippen MR) is 75.8 cm³/mol. The number of rotatable bonds is 5. The van der Waals surface area contributed by atoms with Gasteiger partial charge in [-0.2, -0.15) is 0 Å². The number of hydrogen-bond donors (Lipinski definition) is 1. The van der Waals surface area contributed by atoms with Gasteiger partial charge >= 0.3 is 0 Å². The Hall–Kier alpha value is -1.45. The smallest absolute Gasteiger partial charge is 0.142 e. The van der Waals surface area contributed by atoms with Crippen molar-refractivity contribution in [2.24, 2.45) is 0 Å². The van der Waals surface area contributed by atoms with Crippen LogP contribution in [-0.2, 0) is 0 Å². The molecule has 0 fully saturated rings. The first-order chi connectivity index (χ1) is 9.24. The molecular formula is C15H16ClFN2. The van der Waals surface area contributed by atoms with Crippen molar-refractivity contribution in [3.8, 4) is 0 Å². The van der Waals surface area contributed by atoms with Crippen LogP contribution in [0.1, 0.15) is 30.5 Å². The van der Waals surface area contributed by atoms with Crippen molar-refractivity contribution < 1.29 is 4.39 Å². The van der Waals surface area contributed by atoms with Crippen LogP contribution < -0.4 is 5.32 Å². The van der Waals surface area contributed by atoms with Crippen LogP contribution >= 0.6 is 11.6 Å². The van der Waals surface area contributed by atoms with Crippen molar-refractivity contribution in [3.63, 3.8) is 0 Å². The maximum Gasteiger partial charge on any atom is 0.142 e. The maximum atomic E-state index is 13.6. The van der Waals surface area contributed by atoms with Crippen molar-refractivity contribution >= 4 is 11.6 Å². The van der Waals surface area contributed by atoms with Crippen molar-refractivity contribution in [2.75, 3.05) is 6.54 Å². The summed E-state index contributed by atoms with van der Waals surface area (Å²) in [7, 11) is 0. The van der Waals surface area contributed by atoms with Gasteiger partial charge in [0.25, 0.3) is 0 Å². The van der Waals surface area contributed by atoms with Crippen LogP contribution in [0.5, 0.6) is 0 Å². The van der Waals surface area contributed by atoms with Gasteiger partial charge in [0, 0.05) is 12.4 Å². The third kappa shape index (κ3) is 3.31. The number of benzene rings is 1. The summed E-state index contributed by atoms with van der Waals surface area (Å²) in [5, 5.41) is 3.55. The van der Waals surface area contributed by atoms with E-state index < -0.39 is 5.82 Å². The molecule has 2 aromatic rings. The summed E-state index contributed by atoms with van der Waals surface area (Å²) >= 11 is 6.08. The van der Waals surface area contributed by atoms with Gasteiger partial charge < -0.3 is 5.32 Å². The fourth-order valence-electron chi connectivity index (χ4n) is 1.99. The SMILES string of the molecule is CCCNC(c1cccnc1)c1cccc(F)c1Cl. The second-order valence-electron chi connectivity index (χ2n) is 4.32. The lowest BCUT2D eigenvalue weighted by Gasteiger charge is -2.20. The summed E-state index contributed by atoms with van der Waals surface area (Å²) in [5.74, 6) is -0.397. The normalized spacial score (nSPS) is 12.4. The number of halogens is 2. The number of aromatic nitrogens is 1. The van der Waals surface area contributed by atoms with E-state index in [9.17, 15) is 4.39 Å². The molecule has 0 spiro atoms. The second kappa shape index (κ2) is 6.64. The Balaban J connectivity index is 2.40. The minimum atomic E-state index is -0.397. The van der Waals surface area contributed by atoms with Crippen molar-refractivity contribution in [1.29, 1.82) is 0 Å². The molecule has 1 aromatic heterocycles. The Kier molecular flexibility index (Phi) is 4.88. The van der Waals surface area contributed by atoms with E-state index in [0.29, 0.717) is 0 Å². The van der Waals surface area contributed by atoms with E-state index in [0.717, 1.165) is 24.1 Å². The summed E-state index contributed by atoms with van der Waals surface area (Å²) < 4.78 is 13.6. The third-order valence-corrected chi connectivity index (χ3v) is 3.31. The van der Waals surface area contributed by atoms with E-state index in [-0.39, 0.29) is 11.1 Å². The largest absolute Gasteiger partial charge is 0.306 e. The number of hydrogen-bond acceptors (Lipinski definition) is 2. The van der Waals surface area contributed by atoms with Crippen LogP contribution in [0.15, 0.2) is 42.7 Å². The molecule has 1 aromatic carbocycles. The van der Waals surface area contributed by atoms with E-state index in [4.69, 9.17) is 11.6 Å². The second-order valence-corrected chi connectivity index (χ2v) is 4.69. The molecule has 0 aliphatic carbocycles. The lowest BCUT2D eigenvalue weighted by Crippen LogP contribution is -2.23. The topological polar surface area (TPSA) is 24.9 Å². The fourth-order valence-corrected chi connectivity index (χ4v) is 2.22. The van der Waals surface area contributed by atoms with E-state index in [1.54, 1.807) is 18.5 Å². The molecule has 1 N–H and O–H groups in total. The monoisotopic (exact) mass is 278 g/mol. The first-order valence-electron chi connectivity index (χ1n) is 6.31. The molecule has 0 saturated carbocycles. The highest BCUT2D eigenvalue weighted by Crippen LogP contribution is 2.29. The average molecular weight is 279 g/mol. The summed E-state index contributed by atoms with van der Waals surface area (Å²) in [6, 6.07) is 8.56. The van der Waals surface area contributed by atoms with Crippen LogP contribution in [0, 0.1) is 5.82 Å². The highest BCUT2D eigenvalue weighted by molar-refractivity contribution is 6.31. The maximum absolute atomic E-state index is 13.6. The van der Waals surface area contributed by atoms with Gasteiger partial charge in [-0.05, 0) is 36.2 Å². The van der Waals surface area contributed by atoms with Crippen LogP contribution in [0.3, 0.4) is 0 Å². The lowest BCUT2D eigenvalue weighted by molar-refractivity contribution is 0.585. The molecule has 2 rings (SSSR count). The van der Waals surface area contributed by atoms with Gasteiger partial charge in [0.1, 0.15) is 5.82 Å². The molecular weight excluding hydrogens is 263 g/mol. The zero-order valence-electron chi connectivity index (χ0n) is 10.7. The van der Waals surface area contributed by atoms with Gasteiger partial charge in [-0.25, -0.2) is 4.39 Å². The van der Waals surface area contributed by atoms with Gasteiger partial charge in [-0.15, -0.1) is 0 Å². The fraction of sp³-hybridized carbons (Fsp3) is 0.267. The van der Waals surface area contributed by atoms with Gasteiger partial charge in [-0.1, -0.05) is 36.7 Å². The zero-order chi connectivity index (χ0) is 13.7. The molecule has 100 valence electrons. The first kappa shape index (κ1) is 14.0. The minimum absolute atomic E-state index is 0.142. The molecule has 1 unspecified atom stereocenters. The molecule has 2 nitrogen and oxygen atoms in total. The van der Waals surface area contributed by atoms with E-state index in [1.807, 2.05) is 18.2 Å². The van der Waals surface area contributed by atoms with Gasteiger partial charge in [0.15, 0.2) is 0 Å². The van der Waals surface area contributed by atoms with Crippen LogP contribution in [0.2, 0.25) is 5.02 Å². The van der Waals surface area contributed by atoms with Gasteiger partial charge in [0.05, 0.1) is 11.1 Å². The zero-order valence-corrected chi connectivity index (χ0v) is 11.5. The van der Waals surface area contributed by atoms with Crippen LogP contribution in [0.4, 0.5) is 4.39 Å². The van der Waals surface area contributed by atoms with E-state index >= 15 is 0 Å². The molecule has 0 saturated heterocycles. The molecule has 19 heavy (non-hydrogen) atoms. The molecule has 0 aliphatic heterocycles. The number of nitrogens with one attached hydrogen (secondary N) is 1. The number of pyridine rings is 1. The molecule has 1 atom stereocenters. The Morgan fingerprint density at radius 2 is 2.16 bits per heavy atom. The molecule has 4 heteroatoms. The highest BCUT2D eigenvalue weighted by atomic mass is 35.5. The van der Waals surface area contributed by atoms with E-state index in [2.05, 4.69) is 17.2 Å². The quantitative estimate of drug-likeness (QED) is 0.895. The van der Waals surface area contributed by atoms with Gasteiger partial charge in [-0.3, -0.25) is 4.98 Å². The van der Waals surface area contributed by atoms with E-state index in [1.165, 1.54) is 6.07 Å². The molecule has 0 radical (unpaired) electrons. The molecule has 1 heterocycles. The molecule has 0 aliphatic rings. The standard InChI is InChI=1S/C15H16ClFN2/c1-2-8-19-15(11-5-4-9-18-10-11)12-6-3-7-13(17)14(12)16/h3-7,9-10,15,19H,2,8H2,1H3. The Morgan fingerprint density at radius 1 is 1.32 bits per heavy atom. The Morgan fingerprint density at radius 3 is 2.84 bits per heavy atom. The Labute approximate surface area is 117 Å². The molecule has 0 amide bonds. The van der Waals surface area contributed by atoms with Crippen molar-refractivity contribution in [2.45, 2.75) is 19.4 Å². The highest BCUT2D eigenvalue weighted by Gasteiger charge is 2.18. The lowest BCUT2D eigenvalue weighted by atomic mass is 10.00. The van der Waals surface area contributed by atoms with Crippen LogP contribution in [-0.4, -0.2) is 11.5 Å². The predicted octanol–water partition coefficient (Wildman–Crippen LogP) is 3.96. The number of nitrogens with zero attached hydrogens (tertiary/aromatic N) is 1. The van der Waals surface area contributed by atoms with Crippen molar-refractivity contribution in [3.05, 3.63) is 64.7 Å². The van der Waals surface area contributed by atoms with Crippen molar-refractivity contribution in [1.82, 2.24) is 10.3 Å². The third-order valence-electron chi connectivity index (χ3n) is 2.91.